The summed E-state index contributed by atoms with van der Waals surface area (Å²) in [6, 6.07) is 7.82. The number of amides is 1. The quantitative estimate of drug-likeness (QED) is 0.896. The van der Waals surface area contributed by atoms with E-state index in [0.717, 1.165) is 17.7 Å². The highest BCUT2D eigenvalue weighted by atomic mass is 32.1. The fourth-order valence-electron chi connectivity index (χ4n) is 2.27. The molecular formula is C14H12N2OS. The number of nitrogens with zero attached hydrogens (tertiary/aromatic N) is 1. The number of thiophene rings is 1. The smallest absolute Gasteiger partial charge is 0.244 e. The summed E-state index contributed by atoms with van der Waals surface area (Å²) in [6.07, 6.45) is 5.97. The standard InChI is InChI=1S/C14H12N2OS/c17-13-5-3-7-14(16-13,11-6-9-18-10-11)12-4-1-2-8-15-12/h1-6,8-10H,7H2,(H,16,17). The molecule has 1 aliphatic rings. The van der Waals surface area contributed by atoms with E-state index in [0.29, 0.717) is 0 Å². The van der Waals surface area contributed by atoms with Crippen LogP contribution in [0.3, 0.4) is 0 Å². The Kier molecular flexibility index (Phi) is 2.72. The lowest BCUT2D eigenvalue weighted by Crippen LogP contribution is -2.48. The van der Waals surface area contributed by atoms with Gasteiger partial charge in [0.05, 0.1) is 5.69 Å². The lowest BCUT2D eigenvalue weighted by molar-refractivity contribution is -0.118. The van der Waals surface area contributed by atoms with Crippen molar-refractivity contribution < 1.29 is 4.79 Å². The van der Waals surface area contributed by atoms with Crippen LogP contribution in [0.5, 0.6) is 0 Å². The first-order chi connectivity index (χ1) is 8.81. The highest BCUT2D eigenvalue weighted by Crippen LogP contribution is 2.35. The predicted octanol–water partition coefficient (Wildman–Crippen LogP) is 2.46. The zero-order valence-electron chi connectivity index (χ0n) is 9.67. The van der Waals surface area contributed by atoms with Crippen LogP contribution in [0.4, 0.5) is 0 Å². The van der Waals surface area contributed by atoms with Crippen LogP contribution in [0.15, 0.2) is 53.4 Å². The Morgan fingerprint density at radius 1 is 1.33 bits per heavy atom. The molecular weight excluding hydrogens is 244 g/mol. The molecule has 3 heterocycles. The summed E-state index contributed by atoms with van der Waals surface area (Å²) in [5.74, 6) is -0.0712. The summed E-state index contributed by atoms with van der Waals surface area (Å²) in [4.78, 5) is 16.1. The van der Waals surface area contributed by atoms with Crippen molar-refractivity contribution in [2.75, 3.05) is 0 Å². The number of hydrogen-bond acceptors (Lipinski definition) is 3. The van der Waals surface area contributed by atoms with E-state index in [1.165, 1.54) is 0 Å². The monoisotopic (exact) mass is 256 g/mol. The minimum atomic E-state index is -0.521. The molecule has 0 spiro atoms. The van der Waals surface area contributed by atoms with Gasteiger partial charge in [-0.25, -0.2) is 0 Å². The second-order valence-corrected chi connectivity index (χ2v) is 5.01. The number of carbonyl (C=O) groups is 1. The molecule has 0 saturated carbocycles. The van der Waals surface area contributed by atoms with Gasteiger partial charge in [0, 0.05) is 6.20 Å². The minimum absolute atomic E-state index is 0.0712. The van der Waals surface area contributed by atoms with Crippen molar-refractivity contribution in [2.45, 2.75) is 12.0 Å². The molecule has 2 aromatic rings. The van der Waals surface area contributed by atoms with Gasteiger partial charge >= 0.3 is 0 Å². The molecule has 4 heteroatoms. The van der Waals surface area contributed by atoms with Crippen LogP contribution in [0.1, 0.15) is 17.7 Å². The molecule has 0 bridgehead atoms. The maximum absolute atomic E-state index is 11.7. The Morgan fingerprint density at radius 2 is 2.28 bits per heavy atom. The van der Waals surface area contributed by atoms with Crippen molar-refractivity contribution in [2.24, 2.45) is 0 Å². The van der Waals surface area contributed by atoms with E-state index in [4.69, 9.17) is 0 Å². The number of aromatic nitrogens is 1. The number of carbonyl (C=O) groups excluding carboxylic acids is 1. The third kappa shape index (κ3) is 1.75. The van der Waals surface area contributed by atoms with E-state index in [1.807, 2.05) is 35.7 Å². The maximum atomic E-state index is 11.7. The summed E-state index contributed by atoms with van der Waals surface area (Å²) in [7, 11) is 0. The largest absolute Gasteiger partial charge is 0.337 e. The summed E-state index contributed by atoms with van der Waals surface area (Å²) in [5.41, 5.74) is 1.44. The average molecular weight is 256 g/mol. The Labute approximate surface area is 109 Å². The van der Waals surface area contributed by atoms with Gasteiger partial charge < -0.3 is 5.32 Å². The SMILES string of the molecule is O=C1C=CCC(c2ccsc2)(c2ccccn2)N1. The van der Waals surface area contributed by atoms with E-state index >= 15 is 0 Å². The molecule has 0 aliphatic carbocycles. The first kappa shape index (κ1) is 11.2. The summed E-state index contributed by atoms with van der Waals surface area (Å²) >= 11 is 1.62. The van der Waals surface area contributed by atoms with Crippen LogP contribution in [0.2, 0.25) is 0 Å². The highest BCUT2D eigenvalue weighted by Gasteiger charge is 2.37. The third-order valence-corrected chi connectivity index (χ3v) is 3.83. The maximum Gasteiger partial charge on any atom is 0.244 e. The van der Waals surface area contributed by atoms with Gasteiger partial charge in [-0.15, -0.1) is 0 Å². The molecule has 1 amide bonds. The van der Waals surface area contributed by atoms with Crippen molar-refractivity contribution in [3.63, 3.8) is 0 Å². The lowest BCUT2D eigenvalue weighted by Gasteiger charge is -2.34. The van der Waals surface area contributed by atoms with E-state index in [1.54, 1.807) is 23.6 Å². The third-order valence-electron chi connectivity index (χ3n) is 3.15. The molecule has 1 aliphatic heterocycles. The molecule has 0 fully saturated rings. The van der Waals surface area contributed by atoms with Crippen molar-refractivity contribution >= 4 is 17.2 Å². The molecule has 3 rings (SSSR count). The number of rotatable bonds is 2. The zero-order valence-corrected chi connectivity index (χ0v) is 10.5. The van der Waals surface area contributed by atoms with Crippen molar-refractivity contribution in [3.8, 4) is 0 Å². The molecule has 1 atom stereocenters. The molecule has 18 heavy (non-hydrogen) atoms. The van der Waals surface area contributed by atoms with Crippen molar-refractivity contribution in [3.05, 3.63) is 64.6 Å². The summed E-state index contributed by atoms with van der Waals surface area (Å²) in [6.45, 7) is 0. The van der Waals surface area contributed by atoms with Crippen LogP contribution in [0, 0.1) is 0 Å². The fraction of sp³-hybridized carbons (Fsp3) is 0.143. The highest BCUT2D eigenvalue weighted by molar-refractivity contribution is 7.08. The van der Waals surface area contributed by atoms with Gasteiger partial charge in [-0.1, -0.05) is 12.1 Å². The predicted molar refractivity (Wildman–Crippen MR) is 71.2 cm³/mol. The molecule has 90 valence electrons. The van der Waals surface area contributed by atoms with Gasteiger partial charge in [0.1, 0.15) is 5.54 Å². The van der Waals surface area contributed by atoms with Gasteiger partial charge in [-0.05, 0) is 47.0 Å². The average Bonchev–Trinajstić information content (AvgIpc) is 2.94. The van der Waals surface area contributed by atoms with Crippen LogP contribution in [0.25, 0.3) is 0 Å². The van der Waals surface area contributed by atoms with Crippen LogP contribution in [-0.4, -0.2) is 10.9 Å². The molecule has 0 saturated heterocycles. The Morgan fingerprint density at radius 3 is 2.94 bits per heavy atom. The molecule has 1 unspecified atom stereocenters. The normalized spacial score (nSPS) is 22.8. The first-order valence-corrected chi connectivity index (χ1v) is 6.68. The van der Waals surface area contributed by atoms with E-state index < -0.39 is 5.54 Å². The van der Waals surface area contributed by atoms with Crippen molar-refractivity contribution in [1.82, 2.24) is 10.3 Å². The number of nitrogens with one attached hydrogen (secondary N) is 1. The molecule has 2 aromatic heterocycles. The summed E-state index contributed by atoms with van der Waals surface area (Å²) in [5, 5.41) is 7.15. The Hall–Kier alpha value is -1.94. The van der Waals surface area contributed by atoms with Gasteiger partial charge in [-0.2, -0.15) is 11.3 Å². The van der Waals surface area contributed by atoms with Gasteiger partial charge in [0.25, 0.3) is 0 Å². The van der Waals surface area contributed by atoms with Gasteiger partial charge in [0.15, 0.2) is 0 Å². The molecule has 0 aromatic carbocycles. The number of pyridine rings is 1. The fourth-order valence-corrected chi connectivity index (χ4v) is 3.00. The van der Waals surface area contributed by atoms with Crippen molar-refractivity contribution in [1.29, 1.82) is 0 Å². The van der Waals surface area contributed by atoms with Crippen LogP contribution < -0.4 is 5.32 Å². The zero-order chi connectivity index (χ0) is 12.4. The molecule has 0 radical (unpaired) electrons. The Balaban J connectivity index is 2.16. The molecule has 1 N–H and O–H groups in total. The van der Waals surface area contributed by atoms with E-state index in [2.05, 4.69) is 15.7 Å². The van der Waals surface area contributed by atoms with E-state index in [9.17, 15) is 4.79 Å². The number of hydrogen-bond donors (Lipinski definition) is 1. The Bertz CT molecular complexity index is 577. The van der Waals surface area contributed by atoms with Crippen LogP contribution in [-0.2, 0) is 10.3 Å². The van der Waals surface area contributed by atoms with Gasteiger partial charge in [0.2, 0.25) is 5.91 Å². The first-order valence-electron chi connectivity index (χ1n) is 5.74. The van der Waals surface area contributed by atoms with Crippen LogP contribution >= 0.6 is 11.3 Å². The second-order valence-electron chi connectivity index (χ2n) is 4.23. The minimum Gasteiger partial charge on any atom is -0.337 e. The van der Waals surface area contributed by atoms with Gasteiger partial charge in [-0.3, -0.25) is 9.78 Å². The lowest BCUT2D eigenvalue weighted by atomic mass is 9.83. The van der Waals surface area contributed by atoms with E-state index in [-0.39, 0.29) is 5.91 Å². The topological polar surface area (TPSA) is 42.0 Å². The summed E-state index contributed by atoms with van der Waals surface area (Å²) < 4.78 is 0. The second kappa shape index (κ2) is 4.38. The molecule has 3 nitrogen and oxygen atoms in total.